The van der Waals surface area contributed by atoms with Gasteiger partial charge in [-0.1, -0.05) is 23.9 Å². The summed E-state index contributed by atoms with van der Waals surface area (Å²) in [5.41, 5.74) is 1.10. The van der Waals surface area contributed by atoms with Gasteiger partial charge < -0.3 is 10.2 Å². The molecule has 1 aromatic heterocycles. The van der Waals surface area contributed by atoms with Crippen molar-refractivity contribution in [2.24, 2.45) is 0 Å². The highest BCUT2D eigenvalue weighted by Gasteiger charge is 2.17. The number of anilines is 1. The summed E-state index contributed by atoms with van der Waals surface area (Å²) in [7, 11) is 0. The van der Waals surface area contributed by atoms with Gasteiger partial charge in [-0.3, -0.25) is 4.79 Å². The summed E-state index contributed by atoms with van der Waals surface area (Å²) in [6, 6.07) is 8.25. The van der Waals surface area contributed by atoms with Crippen LogP contribution in [0, 0.1) is 0 Å². The van der Waals surface area contributed by atoms with Crippen LogP contribution >= 0.6 is 35.3 Å². The van der Waals surface area contributed by atoms with E-state index in [0.717, 1.165) is 41.0 Å². The topological polar surface area (TPSA) is 58.1 Å². The Balaban J connectivity index is 1.51. The molecular formula is C18H22N4OS3. The number of rotatable bonds is 7. The van der Waals surface area contributed by atoms with E-state index in [1.165, 1.54) is 16.7 Å². The lowest BCUT2D eigenvalue weighted by atomic mass is 10.2. The monoisotopic (exact) mass is 406 g/mol. The second kappa shape index (κ2) is 10.1. The fraction of sp³-hybridized carbons (Fsp3) is 0.389. The number of nitrogens with one attached hydrogen (secondary N) is 1. The Morgan fingerprint density at radius 2 is 1.92 bits per heavy atom. The standard InChI is InChI=1S/C18H22N4OS3/c1-24-15-4-2-14(3-5-15)12-21-16(23)13-26-18-17(19-6-7-20-18)22-8-10-25-11-9-22/h2-7H,8-13H2,1H3,(H,21,23). The van der Waals surface area contributed by atoms with E-state index >= 15 is 0 Å². The summed E-state index contributed by atoms with van der Waals surface area (Å²) < 4.78 is 0. The summed E-state index contributed by atoms with van der Waals surface area (Å²) in [6.45, 7) is 2.51. The lowest BCUT2D eigenvalue weighted by molar-refractivity contribution is -0.118. The Bertz CT molecular complexity index is 721. The number of aromatic nitrogens is 2. The van der Waals surface area contributed by atoms with Crippen LogP contribution in [0.15, 0.2) is 46.6 Å². The number of nitrogens with zero attached hydrogens (tertiary/aromatic N) is 3. The Kier molecular flexibility index (Phi) is 7.52. The average Bonchev–Trinajstić information content (AvgIpc) is 2.72. The van der Waals surface area contributed by atoms with E-state index in [1.54, 1.807) is 24.2 Å². The Morgan fingerprint density at radius 3 is 2.65 bits per heavy atom. The van der Waals surface area contributed by atoms with E-state index < -0.39 is 0 Å². The lowest BCUT2D eigenvalue weighted by Gasteiger charge is -2.28. The molecule has 0 aliphatic carbocycles. The molecular weight excluding hydrogens is 384 g/mol. The highest BCUT2D eigenvalue weighted by Crippen LogP contribution is 2.27. The lowest BCUT2D eigenvalue weighted by Crippen LogP contribution is -2.33. The second-order valence-corrected chi connectivity index (χ2v) is 8.77. The maximum absolute atomic E-state index is 12.2. The van der Waals surface area contributed by atoms with Crippen LogP contribution in [-0.4, -0.2) is 52.5 Å². The molecule has 1 saturated heterocycles. The third-order valence-corrected chi connectivity index (χ3v) is 6.60. The minimum absolute atomic E-state index is 0.00902. The molecule has 1 fully saturated rings. The van der Waals surface area contributed by atoms with Gasteiger partial charge in [-0.05, 0) is 24.0 Å². The van der Waals surface area contributed by atoms with Crippen molar-refractivity contribution in [3.05, 3.63) is 42.2 Å². The first-order chi connectivity index (χ1) is 12.8. The average molecular weight is 407 g/mol. The van der Waals surface area contributed by atoms with Crippen LogP contribution in [0.2, 0.25) is 0 Å². The van der Waals surface area contributed by atoms with Crippen LogP contribution in [0.25, 0.3) is 0 Å². The summed E-state index contributed by atoms with van der Waals surface area (Å²) >= 11 is 5.13. The predicted molar refractivity (Wildman–Crippen MR) is 112 cm³/mol. The smallest absolute Gasteiger partial charge is 0.230 e. The fourth-order valence-electron chi connectivity index (χ4n) is 2.54. The third kappa shape index (κ3) is 5.56. The number of thioether (sulfide) groups is 3. The van der Waals surface area contributed by atoms with E-state index in [4.69, 9.17) is 0 Å². The molecule has 0 bridgehead atoms. The molecule has 0 spiro atoms. The first kappa shape index (κ1) is 19.4. The quantitative estimate of drug-likeness (QED) is 0.709. The van der Waals surface area contributed by atoms with E-state index in [0.29, 0.717) is 12.3 Å². The van der Waals surface area contributed by atoms with Crippen LogP contribution in [0.3, 0.4) is 0 Å². The summed E-state index contributed by atoms with van der Waals surface area (Å²) in [5.74, 6) is 3.47. The molecule has 0 atom stereocenters. The largest absolute Gasteiger partial charge is 0.353 e. The summed E-state index contributed by atoms with van der Waals surface area (Å²) in [6.07, 6.45) is 5.46. The van der Waals surface area contributed by atoms with Gasteiger partial charge in [-0.25, -0.2) is 9.97 Å². The molecule has 138 valence electrons. The molecule has 2 aromatic rings. The molecule has 0 unspecified atom stereocenters. The van der Waals surface area contributed by atoms with E-state index in [9.17, 15) is 4.79 Å². The van der Waals surface area contributed by atoms with E-state index in [1.807, 2.05) is 11.8 Å². The minimum Gasteiger partial charge on any atom is -0.353 e. The molecule has 3 rings (SSSR count). The molecule has 1 aliphatic rings. The van der Waals surface area contributed by atoms with E-state index in [-0.39, 0.29) is 5.91 Å². The molecule has 0 saturated carbocycles. The van der Waals surface area contributed by atoms with Gasteiger partial charge in [0.2, 0.25) is 5.91 Å². The van der Waals surface area contributed by atoms with Gasteiger partial charge in [-0.2, -0.15) is 11.8 Å². The predicted octanol–water partition coefficient (Wildman–Crippen LogP) is 3.16. The first-order valence-electron chi connectivity index (χ1n) is 8.42. The summed E-state index contributed by atoms with van der Waals surface area (Å²) in [4.78, 5) is 24.6. The van der Waals surface area contributed by atoms with Gasteiger partial charge in [0.25, 0.3) is 0 Å². The van der Waals surface area contributed by atoms with Crippen molar-refractivity contribution in [2.45, 2.75) is 16.5 Å². The number of carbonyl (C=O) groups excluding carboxylic acids is 1. The molecule has 8 heteroatoms. The van der Waals surface area contributed by atoms with Crippen LogP contribution in [0.1, 0.15) is 5.56 Å². The SMILES string of the molecule is CSc1ccc(CNC(=O)CSc2nccnc2N2CCSCC2)cc1. The molecule has 26 heavy (non-hydrogen) atoms. The number of amides is 1. The molecule has 1 aromatic carbocycles. The van der Waals surface area contributed by atoms with Gasteiger partial charge in [0.15, 0.2) is 5.82 Å². The van der Waals surface area contributed by atoms with Gasteiger partial charge in [0.05, 0.1) is 5.75 Å². The zero-order valence-electron chi connectivity index (χ0n) is 14.7. The van der Waals surface area contributed by atoms with Crippen LogP contribution in [-0.2, 0) is 11.3 Å². The molecule has 5 nitrogen and oxygen atoms in total. The van der Waals surface area contributed by atoms with Crippen molar-refractivity contribution in [3.63, 3.8) is 0 Å². The normalized spacial score (nSPS) is 14.3. The van der Waals surface area contributed by atoms with Gasteiger partial charge in [0.1, 0.15) is 5.03 Å². The molecule has 1 aliphatic heterocycles. The molecule has 2 heterocycles. The van der Waals surface area contributed by atoms with Gasteiger partial charge in [-0.15, -0.1) is 11.8 Å². The van der Waals surface area contributed by atoms with Crippen molar-refractivity contribution in [3.8, 4) is 0 Å². The van der Waals surface area contributed by atoms with Crippen molar-refractivity contribution < 1.29 is 4.79 Å². The van der Waals surface area contributed by atoms with Crippen molar-refractivity contribution in [2.75, 3.05) is 41.5 Å². The van der Waals surface area contributed by atoms with Gasteiger partial charge in [0, 0.05) is 48.4 Å². The Morgan fingerprint density at radius 1 is 1.19 bits per heavy atom. The fourth-order valence-corrected chi connectivity index (χ4v) is 4.67. The number of hydrogen-bond donors (Lipinski definition) is 1. The van der Waals surface area contributed by atoms with Crippen molar-refractivity contribution >= 4 is 47.0 Å². The number of carbonyl (C=O) groups is 1. The maximum atomic E-state index is 12.2. The highest BCUT2D eigenvalue weighted by molar-refractivity contribution is 8.00. The van der Waals surface area contributed by atoms with Crippen LogP contribution in [0.5, 0.6) is 0 Å². The first-order valence-corrected chi connectivity index (χ1v) is 11.8. The van der Waals surface area contributed by atoms with Crippen LogP contribution in [0.4, 0.5) is 5.82 Å². The highest BCUT2D eigenvalue weighted by atomic mass is 32.2. The maximum Gasteiger partial charge on any atom is 0.230 e. The summed E-state index contributed by atoms with van der Waals surface area (Å²) in [5, 5.41) is 3.81. The molecule has 0 radical (unpaired) electrons. The van der Waals surface area contributed by atoms with Crippen molar-refractivity contribution in [1.29, 1.82) is 0 Å². The Labute approximate surface area is 167 Å². The zero-order chi connectivity index (χ0) is 18.2. The number of benzene rings is 1. The molecule has 1 N–H and O–H groups in total. The Hall–Kier alpha value is -1.38. The zero-order valence-corrected chi connectivity index (χ0v) is 17.1. The van der Waals surface area contributed by atoms with Crippen molar-refractivity contribution in [1.82, 2.24) is 15.3 Å². The third-order valence-electron chi connectivity index (χ3n) is 3.95. The second-order valence-electron chi connectivity index (χ2n) is 5.70. The van der Waals surface area contributed by atoms with Gasteiger partial charge >= 0.3 is 0 Å². The van der Waals surface area contributed by atoms with E-state index in [2.05, 4.69) is 50.7 Å². The molecule has 1 amide bonds. The number of hydrogen-bond acceptors (Lipinski definition) is 7. The van der Waals surface area contributed by atoms with Crippen LogP contribution < -0.4 is 10.2 Å². The minimum atomic E-state index is 0.00902.